The molecule has 120 valence electrons. The van der Waals surface area contributed by atoms with Crippen LogP contribution in [-0.2, 0) is 9.59 Å². The fourth-order valence-electron chi connectivity index (χ4n) is 3.16. The maximum absolute atomic E-state index is 13.4. The number of carbonyl (C=O) groups is 2. The number of hydrogen-bond donors (Lipinski definition) is 2. The summed E-state index contributed by atoms with van der Waals surface area (Å²) in [5.41, 5.74) is -4.06. The van der Waals surface area contributed by atoms with Crippen LogP contribution in [0.15, 0.2) is 0 Å². The standard InChI is InChI=1S/C13H19F3N2O3/c1-11(10(20)21)4-2-3-7-18(11)9(19)12(13(14,15)16)5-6-17-8-12/h17H,2-8H2,1H3,(H,20,21). The largest absolute Gasteiger partial charge is 0.480 e. The first kappa shape index (κ1) is 16.1. The number of nitrogens with one attached hydrogen (secondary N) is 1. The lowest BCUT2D eigenvalue weighted by atomic mass is 9.80. The molecule has 0 radical (unpaired) electrons. The molecule has 0 aromatic carbocycles. The zero-order chi connectivity index (χ0) is 15.9. The summed E-state index contributed by atoms with van der Waals surface area (Å²) in [5, 5.41) is 11.9. The van der Waals surface area contributed by atoms with Crippen molar-refractivity contribution in [1.29, 1.82) is 0 Å². The van der Waals surface area contributed by atoms with E-state index in [-0.39, 0.29) is 25.9 Å². The quantitative estimate of drug-likeness (QED) is 0.809. The maximum Gasteiger partial charge on any atom is 0.404 e. The predicted octanol–water partition coefficient (Wildman–Crippen LogP) is 1.38. The molecule has 21 heavy (non-hydrogen) atoms. The van der Waals surface area contributed by atoms with E-state index in [4.69, 9.17) is 0 Å². The number of nitrogens with zero attached hydrogens (tertiary/aromatic N) is 1. The highest BCUT2D eigenvalue weighted by molar-refractivity contribution is 5.91. The van der Waals surface area contributed by atoms with Gasteiger partial charge in [-0.1, -0.05) is 0 Å². The van der Waals surface area contributed by atoms with Crippen molar-refractivity contribution in [1.82, 2.24) is 10.2 Å². The fourth-order valence-corrected chi connectivity index (χ4v) is 3.16. The zero-order valence-electron chi connectivity index (χ0n) is 11.8. The lowest BCUT2D eigenvalue weighted by Gasteiger charge is -2.45. The van der Waals surface area contributed by atoms with E-state index in [1.54, 1.807) is 0 Å². The van der Waals surface area contributed by atoms with Gasteiger partial charge in [-0.3, -0.25) is 4.79 Å². The van der Waals surface area contributed by atoms with Crippen LogP contribution < -0.4 is 5.32 Å². The number of halogens is 3. The van der Waals surface area contributed by atoms with E-state index in [1.807, 2.05) is 0 Å². The number of carbonyl (C=O) groups excluding carboxylic acids is 1. The molecule has 0 bridgehead atoms. The molecule has 1 amide bonds. The second-order valence-corrected chi connectivity index (χ2v) is 6.00. The number of rotatable bonds is 2. The monoisotopic (exact) mass is 308 g/mol. The van der Waals surface area contributed by atoms with Crippen molar-refractivity contribution < 1.29 is 27.9 Å². The molecule has 2 fully saturated rings. The molecule has 2 aliphatic heterocycles. The van der Waals surface area contributed by atoms with Crippen molar-refractivity contribution in [3.05, 3.63) is 0 Å². The average Bonchev–Trinajstić information content (AvgIpc) is 2.88. The summed E-state index contributed by atoms with van der Waals surface area (Å²) in [6.07, 6.45) is -3.75. The third-order valence-corrected chi connectivity index (χ3v) is 4.70. The van der Waals surface area contributed by atoms with Gasteiger partial charge in [0.25, 0.3) is 0 Å². The van der Waals surface area contributed by atoms with Crippen LogP contribution in [0.1, 0.15) is 32.6 Å². The van der Waals surface area contributed by atoms with Gasteiger partial charge in [-0.15, -0.1) is 0 Å². The number of carboxylic acid groups (broad SMARTS) is 1. The Bertz CT molecular complexity index is 446. The Morgan fingerprint density at radius 1 is 1.24 bits per heavy atom. The number of likely N-dealkylation sites (tertiary alicyclic amines) is 1. The third kappa shape index (κ3) is 2.39. The highest BCUT2D eigenvalue weighted by atomic mass is 19.4. The molecule has 2 saturated heterocycles. The van der Waals surface area contributed by atoms with Crippen molar-refractivity contribution in [2.24, 2.45) is 5.41 Å². The topological polar surface area (TPSA) is 69.6 Å². The molecule has 2 atom stereocenters. The van der Waals surface area contributed by atoms with Gasteiger partial charge in [-0.25, -0.2) is 4.79 Å². The van der Waals surface area contributed by atoms with E-state index >= 15 is 0 Å². The van der Waals surface area contributed by atoms with Crippen molar-refractivity contribution in [3.8, 4) is 0 Å². The molecule has 0 aliphatic carbocycles. The summed E-state index contributed by atoms with van der Waals surface area (Å²) >= 11 is 0. The Morgan fingerprint density at radius 3 is 2.38 bits per heavy atom. The summed E-state index contributed by atoms with van der Waals surface area (Å²) in [4.78, 5) is 25.0. The van der Waals surface area contributed by atoms with Crippen molar-refractivity contribution in [2.75, 3.05) is 19.6 Å². The van der Waals surface area contributed by atoms with E-state index in [0.29, 0.717) is 12.8 Å². The third-order valence-electron chi connectivity index (χ3n) is 4.70. The summed E-state index contributed by atoms with van der Waals surface area (Å²) < 4.78 is 40.3. The molecular formula is C13H19F3N2O3. The van der Waals surface area contributed by atoms with Crippen molar-refractivity contribution >= 4 is 11.9 Å². The van der Waals surface area contributed by atoms with Gasteiger partial charge in [0.1, 0.15) is 5.54 Å². The molecule has 5 nitrogen and oxygen atoms in total. The lowest BCUT2D eigenvalue weighted by molar-refractivity contribution is -0.226. The molecule has 0 aromatic heterocycles. The Morgan fingerprint density at radius 2 is 1.90 bits per heavy atom. The Hall–Kier alpha value is -1.31. The Labute approximate surface area is 120 Å². The maximum atomic E-state index is 13.4. The van der Waals surface area contributed by atoms with Crippen LogP contribution in [0.2, 0.25) is 0 Å². The molecule has 0 aromatic rings. The summed E-state index contributed by atoms with van der Waals surface area (Å²) in [6.45, 7) is 1.00. The van der Waals surface area contributed by atoms with Gasteiger partial charge in [-0.2, -0.15) is 13.2 Å². The van der Waals surface area contributed by atoms with E-state index in [2.05, 4.69) is 5.32 Å². The van der Waals surface area contributed by atoms with Gasteiger partial charge in [0.05, 0.1) is 0 Å². The molecule has 2 rings (SSSR count). The number of hydrogen-bond acceptors (Lipinski definition) is 3. The average molecular weight is 308 g/mol. The molecular weight excluding hydrogens is 289 g/mol. The first-order valence-corrected chi connectivity index (χ1v) is 6.98. The molecule has 8 heteroatoms. The van der Waals surface area contributed by atoms with Crippen LogP contribution in [0.3, 0.4) is 0 Å². The first-order chi connectivity index (χ1) is 9.65. The molecule has 2 N–H and O–H groups in total. The van der Waals surface area contributed by atoms with Crippen LogP contribution >= 0.6 is 0 Å². The number of alkyl halides is 3. The van der Waals surface area contributed by atoms with Gasteiger partial charge in [0, 0.05) is 13.1 Å². The van der Waals surface area contributed by atoms with Crippen LogP contribution in [0.4, 0.5) is 13.2 Å². The minimum Gasteiger partial charge on any atom is -0.480 e. The normalized spacial score (nSPS) is 34.0. The van der Waals surface area contributed by atoms with Crippen LogP contribution in [0.25, 0.3) is 0 Å². The predicted molar refractivity (Wildman–Crippen MR) is 67.6 cm³/mol. The molecule has 2 aliphatic rings. The van der Waals surface area contributed by atoms with Gasteiger partial charge in [0.2, 0.25) is 5.91 Å². The fraction of sp³-hybridized carbons (Fsp3) is 0.846. The SMILES string of the molecule is CC1(C(=O)O)CCCCN1C(=O)C1(C(F)(F)F)CCNC1. The van der Waals surface area contributed by atoms with E-state index in [9.17, 15) is 27.9 Å². The first-order valence-electron chi connectivity index (χ1n) is 6.98. The number of aliphatic carboxylic acids is 1. The summed E-state index contributed by atoms with van der Waals surface area (Å²) in [5.74, 6) is -2.36. The van der Waals surface area contributed by atoms with Gasteiger partial charge in [0.15, 0.2) is 5.41 Å². The van der Waals surface area contributed by atoms with Gasteiger partial charge >= 0.3 is 12.1 Å². The summed E-state index contributed by atoms with van der Waals surface area (Å²) in [6, 6.07) is 0. The van der Waals surface area contributed by atoms with Crippen molar-refractivity contribution in [2.45, 2.75) is 44.3 Å². The minimum atomic E-state index is -4.69. The lowest BCUT2D eigenvalue weighted by Crippen LogP contribution is -2.63. The number of piperidine rings is 1. The summed E-state index contributed by atoms with van der Waals surface area (Å²) in [7, 11) is 0. The Balaban J connectivity index is 2.38. The highest BCUT2D eigenvalue weighted by Gasteiger charge is 2.64. The van der Waals surface area contributed by atoms with Crippen LogP contribution in [-0.4, -0.2) is 53.2 Å². The molecule has 2 unspecified atom stereocenters. The number of carboxylic acids is 1. The molecule has 0 saturated carbocycles. The van der Waals surface area contributed by atoms with E-state index < -0.39 is 35.6 Å². The van der Waals surface area contributed by atoms with Crippen LogP contribution in [0, 0.1) is 5.41 Å². The second-order valence-electron chi connectivity index (χ2n) is 6.00. The molecule has 2 heterocycles. The minimum absolute atomic E-state index is 0.0550. The highest BCUT2D eigenvalue weighted by Crippen LogP contribution is 2.46. The van der Waals surface area contributed by atoms with E-state index in [0.717, 1.165) is 4.90 Å². The molecule has 0 spiro atoms. The van der Waals surface area contributed by atoms with Crippen LogP contribution in [0.5, 0.6) is 0 Å². The van der Waals surface area contributed by atoms with Crippen molar-refractivity contribution in [3.63, 3.8) is 0 Å². The second kappa shape index (κ2) is 5.15. The van der Waals surface area contributed by atoms with Gasteiger partial charge in [-0.05, 0) is 39.2 Å². The smallest absolute Gasteiger partial charge is 0.404 e. The zero-order valence-corrected chi connectivity index (χ0v) is 11.8. The Kier molecular flexibility index (Phi) is 3.94. The number of amides is 1. The van der Waals surface area contributed by atoms with E-state index in [1.165, 1.54) is 6.92 Å². The van der Waals surface area contributed by atoms with Gasteiger partial charge < -0.3 is 15.3 Å².